The molecule has 0 aromatic heterocycles. The summed E-state index contributed by atoms with van der Waals surface area (Å²) < 4.78 is 42.8. The van der Waals surface area contributed by atoms with Gasteiger partial charge in [0, 0.05) is 0 Å². The first kappa shape index (κ1) is 54.7. The standard InChI is InChI=1S/C40H74O7S.2Na.2H/c1-3-5-7-9-11-13-15-17-19-21-23-25-27-29-31-33-35-46-39(41)37-38(48(43,44)45)40(42)47-36-34-32-30-28-26-24-22-20-18-16-14-12-10-8-6-4-2;;;;/h33-36,38H,3-32,37H2,1-2H3,(H,43,44,45);;;;/q;2*+1;2*-1. The zero-order chi connectivity index (χ0) is 35.4. The number of rotatable bonds is 36. The van der Waals surface area contributed by atoms with E-state index in [2.05, 4.69) is 13.8 Å². The fraction of sp³-hybridized carbons (Fsp3) is 0.850. The molecule has 0 bridgehead atoms. The first-order chi connectivity index (χ1) is 23.3. The second-order valence-corrected chi connectivity index (χ2v) is 15.2. The van der Waals surface area contributed by atoms with E-state index in [0.29, 0.717) is 6.42 Å². The molecule has 0 saturated heterocycles. The molecule has 1 N–H and O–H groups in total. The normalized spacial score (nSPS) is 12.1. The molecule has 0 fully saturated rings. The Kier molecular flexibility index (Phi) is 46.0. The van der Waals surface area contributed by atoms with Gasteiger partial charge in [0.15, 0.2) is 5.25 Å². The summed E-state index contributed by atoms with van der Waals surface area (Å²) in [6.45, 7) is 4.51. The van der Waals surface area contributed by atoms with Crippen molar-refractivity contribution in [3.63, 3.8) is 0 Å². The van der Waals surface area contributed by atoms with Crippen LogP contribution in [0.4, 0.5) is 0 Å². The van der Waals surface area contributed by atoms with Gasteiger partial charge in [-0.05, 0) is 37.8 Å². The number of carbonyl (C=O) groups is 2. The maximum atomic E-state index is 12.3. The van der Waals surface area contributed by atoms with Crippen molar-refractivity contribution in [2.45, 2.75) is 218 Å². The minimum Gasteiger partial charge on any atom is -1.00 e. The molecule has 0 aromatic rings. The fourth-order valence-corrected chi connectivity index (χ4v) is 6.52. The third-order valence-electron chi connectivity index (χ3n) is 9.00. The van der Waals surface area contributed by atoms with Crippen LogP contribution in [0, 0.1) is 0 Å². The third-order valence-corrected chi connectivity index (χ3v) is 10.1. The second-order valence-electron chi connectivity index (χ2n) is 13.6. The van der Waals surface area contributed by atoms with Crippen molar-refractivity contribution >= 4 is 22.1 Å². The van der Waals surface area contributed by atoms with Gasteiger partial charge in [-0.3, -0.25) is 14.1 Å². The molecule has 0 amide bonds. The summed E-state index contributed by atoms with van der Waals surface area (Å²) in [4.78, 5) is 24.4. The minimum absolute atomic E-state index is 0. The first-order valence-electron chi connectivity index (χ1n) is 20.0. The van der Waals surface area contributed by atoms with E-state index in [9.17, 15) is 22.6 Å². The monoisotopic (exact) mass is 747 g/mol. The van der Waals surface area contributed by atoms with Crippen LogP contribution in [0.2, 0.25) is 0 Å². The Bertz CT molecular complexity index is 922. The summed E-state index contributed by atoms with van der Waals surface area (Å²) in [6, 6.07) is 0. The van der Waals surface area contributed by atoms with E-state index in [1.165, 1.54) is 160 Å². The van der Waals surface area contributed by atoms with Gasteiger partial charge < -0.3 is 12.3 Å². The molecule has 0 saturated carbocycles. The topological polar surface area (TPSA) is 107 Å². The van der Waals surface area contributed by atoms with E-state index in [-0.39, 0.29) is 62.0 Å². The number of esters is 2. The van der Waals surface area contributed by atoms with Crippen molar-refractivity contribution in [3.05, 3.63) is 24.7 Å². The van der Waals surface area contributed by atoms with E-state index in [1.807, 2.05) is 0 Å². The number of hydrogen-bond acceptors (Lipinski definition) is 6. The van der Waals surface area contributed by atoms with Crippen molar-refractivity contribution in [3.8, 4) is 0 Å². The van der Waals surface area contributed by atoms with Crippen LogP contribution in [-0.2, 0) is 29.2 Å². The number of allylic oxidation sites excluding steroid dienone is 2. The van der Waals surface area contributed by atoms with Crippen molar-refractivity contribution in [1.82, 2.24) is 0 Å². The second kappa shape index (κ2) is 42.1. The minimum atomic E-state index is -4.83. The van der Waals surface area contributed by atoms with Gasteiger partial charge in [-0.2, -0.15) is 8.42 Å². The molecule has 10 heteroatoms. The summed E-state index contributed by atoms with van der Waals surface area (Å²) in [5.74, 6) is -2.11. The largest absolute Gasteiger partial charge is 1.00 e. The summed E-state index contributed by atoms with van der Waals surface area (Å²) >= 11 is 0. The quantitative estimate of drug-likeness (QED) is 0.0250. The summed E-state index contributed by atoms with van der Waals surface area (Å²) in [5.41, 5.74) is 0. The Morgan fingerprint density at radius 3 is 1.10 bits per heavy atom. The Morgan fingerprint density at radius 2 is 0.800 bits per heavy atom. The van der Waals surface area contributed by atoms with E-state index in [1.54, 1.807) is 12.2 Å². The molecule has 7 nitrogen and oxygen atoms in total. The van der Waals surface area contributed by atoms with Crippen molar-refractivity contribution in [1.29, 1.82) is 0 Å². The van der Waals surface area contributed by atoms with Gasteiger partial charge in [-0.15, -0.1) is 0 Å². The van der Waals surface area contributed by atoms with Gasteiger partial charge in [0.1, 0.15) is 0 Å². The zero-order valence-electron chi connectivity index (χ0n) is 35.1. The molecule has 1 unspecified atom stereocenters. The SMILES string of the molecule is CCCCCCCCCCCCCCCCC=COC(=O)CC(C(=O)OC=CCCCCCCCCCCCCCCCC)S(=O)(=O)O.[H-].[H-].[Na+].[Na+]. The van der Waals surface area contributed by atoms with Crippen LogP contribution in [0.25, 0.3) is 0 Å². The molecule has 50 heavy (non-hydrogen) atoms. The maximum Gasteiger partial charge on any atom is 1.00 e. The molecule has 0 heterocycles. The summed E-state index contributed by atoms with van der Waals surface area (Å²) in [5, 5.41) is -2.02. The van der Waals surface area contributed by atoms with E-state index < -0.39 is 33.7 Å². The van der Waals surface area contributed by atoms with Crippen molar-refractivity contribution in [2.24, 2.45) is 0 Å². The van der Waals surface area contributed by atoms with E-state index in [4.69, 9.17) is 9.47 Å². The number of carbonyl (C=O) groups excluding carboxylic acids is 2. The number of hydrogen-bond donors (Lipinski definition) is 1. The van der Waals surface area contributed by atoms with E-state index >= 15 is 0 Å². The average Bonchev–Trinajstić information content (AvgIpc) is 3.05. The predicted molar refractivity (Wildman–Crippen MR) is 202 cm³/mol. The molecular weight excluding hydrogens is 670 g/mol. The molecule has 0 aliphatic heterocycles. The van der Waals surface area contributed by atoms with Crippen LogP contribution < -0.4 is 59.1 Å². The van der Waals surface area contributed by atoms with Gasteiger partial charge in [-0.25, -0.2) is 0 Å². The third kappa shape index (κ3) is 39.5. The molecule has 286 valence electrons. The summed E-state index contributed by atoms with van der Waals surface area (Å²) in [7, 11) is -4.83. The van der Waals surface area contributed by atoms with Crippen LogP contribution in [0.15, 0.2) is 24.7 Å². The maximum absolute atomic E-state index is 12.3. The van der Waals surface area contributed by atoms with Gasteiger partial charge in [0.2, 0.25) is 0 Å². The molecule has 0 rings (SSSR count). The first-order valence-corrected chi connectivity index (χ1v) is 21.5. The molecule has 0 aromatic carbocycles. The van der Waals surface area contributed by atoms with Gasteiger partial charge in [0.25, 0.3) is 10.1 Å². The molecule has 1 atom stereocenters. The Balaban J connectivity index is -0.00000184. The van der Waals surface area contributed by atoms with Crippen LogP contribution >= 0.6 is 0 Å². The molecule has 0 aliphatic rings. The zero-order valence-corrected chi connectivity index (χ0v) is 37.9. The van der Waals surface area contributed by atoms with Crippen LogP contribution in [-0.4, -0.2) is 30.2 Å². The van der Waals surface area contributed by atoms with Gasteiger partial charge in [0.05, 0.1) is 18.9 Å². The Hall–Kier alpha value is 0.330. The average molecular weight is 747 g/mol. The fourth-order valence-electron chi connectivity index (χ4n) is 5.87. The Labute approximate surface area is 356 Å². The van der Waals surface area contributed by atoms with Crippen LogP contribution in [0.1, 0.15) is 216 Å². The van der Waals surface area contributed by atoms with Crippen molar-refractivity contribution in [2.75, 3.05) is 0 Å². The molecule has 0 radical (unpaired) electrons. The van der Waals surface area contributed by atoms with Gasteiger partial charge in [-0.1, -0.05) is 181 Å². The molecule has 0 spiro atoms. The molecule has 0 aliphatic carbocycles. The summed E-state index contributed by atoms with van der Waals surface area (Å²) in [6.07, 6.45) is 42.3. The number of ether oxygens (including phenoxy) is 2. The Morgan fingerprint density at radius 1 is 0.520 bits per heavy atom. The van der Waals surface area contributed by atoms with Crippen LogP contribution in [0.5, 0.6) is 0 Å². The van der Waals surface area contributed by atoms with E-state index in [0.717, 1.165) is 38.4 Å². The van der Waals surface area contributed by atoms with Crippen molar-refractivity contribution < 1.29 is 94.0 Å². The number of unbranched alkanes of at least 4 members (excludes halogenated alkanes) is 28. The predicted octanol–water partition coefficient (Wildman–Crippen LogP) is 6.72. The van der Waals surface area contributed by atoms with Gasteiger partial charge >= 0.3 is 71.1 Å². The van der Waals surface area contributed by atoms with Crippen LogP contribution in [0.3, 0.4) is 0 Å². The molecular formula is C40H76Na2O7S. The smallest absolute Gasteiger partial charge is 1.00 e.